The van der Waals surface area contributed by atoms with E-state index in [1.807, 2.05) is 12.1 Å². The summed E-state index contributed by atoms with van der Waals surface area (Å²) in [6, 6.07) is 3.76. The zero-order chi connectivity index (χ0) is 11.8. The van der Waals surface area contributed by atoms with Crippen molar-refractivity contribution < 1.29 is 14.6 Å². The van der Waals surface area contributed by atoms with Crippen molar-refractivity contribution >= 4 is 0 Å². The predicted octanol–water partition coefficient (Wildman–Crippen LogP) is 0.187. The first-order chi connectivity index (χ1) is 7.76. The van der Waals surface area contributed by atoms with E-state index in [-0.39, 0.29) is 0 Å². The quantitative estimate of drug-likeness (QED) is 0.694. The van der Waals surface area contributed by atoms with Crippen molar-refractivity contribution in [2.24, 2.45) is 0 Å². The van der Waals surface area contributed by atoms with E-state index in [0.717, 1.165) is 5.56 Å². The summed E-state index contributed by atoms with van der Waals surface area (Å²) in [7, 11) is 3.15. The van der Waals surface area contributed by atoms with E-state index in [9.17, 15) is 5.11 Å². The summed E-state index contributed by atoms with van der Waals surface area (Å²) in [6.45, 7) is 1.50. The number of rotatable bonds is 7. The Hall–Kier alpha value is -1.17. The Bertz CT molecular complexity index is 307. The molecule has 1 rings (SSSR count). The lowest BCUT2D eigenvalue weighted by atomic mass is 10.2. The van der Waals surface area contributed by atoms with Crippen LogP contribution in [0.4, 0.5) is 0 Å². The molecule has 0 aliphatic heterocycles. The topological polar surface area (TPSA) is 63.6 Å². The monoisotopic (exact) mass is 226 g/mol. The second-order valence-corrected chi connectivity index (χ2v) is 3.45. The number of methoxy groups -OCH3 is 2. The van der Waals surface area contributed by atoms with Gasteiger partial charge in [0.2, 0.25) is 5.88 Å². The molecule has 0 saturated carbocycles. The van der Waals surface area contributed by atoms with Crippen LogP contribution in [0.3, 0.4) is 0 Å². The minimum Gasteiger partial charge on any atom is -0.481 e. The largest absolute Gasteiger partial charge is 0.481 e. The Morgan fingerprint density at radius 2 is 2.31 bits per heavy atom. The summed E-state index contributed by atoms with van der Waals surface area (Å²) >= 11 is 0. The van der Waals surface area contributed by atoms with Crippen LogP contribution in [0.15, 0.2) is 18.3 Å². The summed E-state index contributed by atoms with van der Waals surface area (Å²) in [5.74, 6) is 0.594. The Morgan fingerprint density at radius 1 is 1.50 bits per heavy atom. The van der Waals surface area contributed by atoms with Crippen LogP contribution in [0.5, 0.6) is 5.88 Å². The molecule has 0 radical (unpaired) electrons. The van der Waals surface area contributed by atoms with Gasteiger partial charge in [0, 0.05) is 32.5 Å². The van der Waals surface area contributed by atoms with E-state index in [2.05, 4.69) is 10.3 Å². The van der Waals surface area contributed by atoms with E-state index in [1.165, 1.54) is 0 Å². The van der Waals surface area contributed by atoms with Crippen LogP contribution in [0.1, 0.15) is 5.56 Å². The Morgan fingerprint density at radius 3 is 3.00 bits per heavy atom. The van der Waals surface area contributed by atoms with Crippen molar-refractivity contribution in [3.8, 4) is 5.88 Å². The average Bonchev–Trinajstić information content (AvgIpc) is 2.30. The highest BCUT2D eigenvalue weighted by molar-refractivity contribution is 5.20. The van der Waals surface area contributed by atoms with E-state index in [0.29, 0.717) is 25.6 Å². The highest BCUT2D eigenvalue weighted by atomic mass is 16.5. The lowest BCUT2D eigenvalue weighted by molar-refractivity contribution is 0.0644. The molecule has 90 valence electrons. The van der Waals surface area contributed by atoms with E-state index >= 15 is 0 Å². The van der Waals surface area contributed by atoms with Gasteiger partial charge in [0.05, 0.1) is 19.8 Å². The van der Waals surface area contributed by atoms with Crippen molar-refractivity contribution in [2.75, 3.05) is 27.4 Å². The molecule has 2 N–H and O–H groups in total. The molecule has 1 unspecified atom stereocenters. The maximum atomic E-state index is 9.40. The zero-order valence-corrected chi connectivity index (χ0v) is 9.64. The van der Waals surface area contributed by atoms with Gasteiger partial charge in [-0.2, -0.15) is 0 Å². The third-order valence-corrected chi connectivity index (χ3v) is 2.08. The number of pyridine rings is 1. The molecule has 0 spiro atoms. The maximum absolute atomic E-state index is 9.40. The molecule has 1 heterocycles. The molecular formula is C11H18N2O3. The lowest BCUT2D eigenvalue weighted by Gasteiger charge is -2.10. The number of nitrogens with zero attached hydrogens (tertiary/aromatic N) is 1. The number of aromatic nitrogens is 1. The Labute approximate surface area is 95.4 Å². The summed E-state index contributed by atoms with van der Waals surface area (Å²) in [6.07, 6.45) is 1.22. The van der Waals surface area contributed by atoms with Gasteiger partial charge in [0.25, 0.3) is 0 Å². The van der Waals surface area contributed by atoms with Crippen LogP contribution in [-0.2, 0) is 11.3 Å². The van der Waals surface area contributed by atoms with Crippen LogP contribution >= 0.6 is 0 Å². The van der Waals surface area contributed by atoms with Gasteiger partial charge in [-0.3, -0.25) is 0 Å². The molecule has 0 fully saturated rings. The number of hydrogen-bond donors (Lipinski definition) is 2. The number of aliphatic hydroxyl groups is 1. The van der Waals surface area contributed by atoms with Crippen molar-refractivity contribution in [2.45, 2.75) is 12.6 Å². The van der Waals surface area contributed by atoms with Gasteiger partial charge < -0.3 is 19.9 Å². The zero-order valence-electron chi connectivity index (χ0n) is 9.64. The highest BCUT2D eigenvalue weighted by Gasteiger charge is 2.02. The van der Waals surface area contributed by atoms with Crippen molar-refractivity contribution in [3.63, 3.8) is 0 Å². The lowest BCUT2D eigenvalue weighted by Crippen LogP contribution is -2.29. The molecule has 1 atom stereocenters. The van der Waals surface area contributed by atoms with Crippen LogP contribution in [-0.4, -0.2) is 43.6 Å². The third-order valence-electron chi connectivity index (χ3n) is 2.08. The summed E-state index contributed by atoms with van der Waals surface area (Å²) in [4.78, 5) is 4.01. The summed E-state index contributed by atoms with van der Waals surface area (Å²) < 4.78 is 9.84. The maximum Gasteiger partial charge on any atom is 0.213 e. The molecule has 1 aromatic heterocycles. The highest BCUT2D eigenvalue weighted by Crippen LogP contribution is 2.07. The molecule has 0 amide bonds. The molecule has 0 aromatic carbocycles. The first-order valence-corrected chi connectivity index (χ1v) is 5.13. The molecule has 0 bridgehead atoms. The standard InChI is InChI=1S/C11H18N2O3/c1-15-8-10(14)7-12-6-9-3-4-13-11(5-9)16-2/h3-5,10,12,14H,6-8H2,1-2H3. The molecule has 1 aromatic rings. The first-order valence-electron chi connectivity index (χ1n) is 5.13. The summed E-state index contributed by atoms with van der Waals surface area (Å²) in [5.41, 5.74) is 1.07. The number of hydrogen-bond acceptors (Lipinski definition) is 5. The molecule has 0 aliphatic rings. The second-order valence-electron chi connectivity index (χ2n) is 3.45. The molecular weight excluding hydrogens is 208 g/mol. The fourth-order valence-electron chi connectivity index (χ4n) is 1.31. The van der Waals surface area contributed by atoms with Gasteiger partial charge in [-0.1, -0.05) is 0 Å². The van der Waals surface area contributed by atoms with Crippen LogP contribution < -0.4 is 10.1 Å². The smallest absolute Gasteiger partial charge is 0.213 e. The van der Waals surface area contributed by atoms with Crippen molar-refractivity contribution in [1.29, 1.82) is 0 Å². The minimum absolute atomic E-state index is 0.340. The fraction of sp³-hybridized carbons (Fsp3) is 0.545. The van der Waals surface area contributed by atoms with Crippen molar-refractivity contribution in [3.05, 3.63) is 23.9 Å². The normalized spacial score (nSPS) is 12.4. The second kappa shape index (κ2) is 7.16. The molecule has 0 saturated heterocycles. The van der Waals surface area contributed by atoms with Gasteiger partial charge >= 0.3 is 0 Å². The number of ether oxygens (including phenoxy) is 2. The van der Waals surface area contributed by atoms with Gasteiger partial charge in [0.15, 0.2) is 0 Å². The molecule has 5 heteroatoms. The molecule has 5 nitrogen and oxygen atoms in total. The average molecular weight is 226 g/mol. The van der Waals surface area contributed by atoms with Crippen molar-refractivity contribution in [1.82, 2.24) is 10.3 Å². The van der Waals surface area contributed by atoms with Gasteiger partial charge in [-0.25, -0.2) is 4.98 Å². The third kappa shape index (κ3) is 4.57. The predicted molar refractivity (Wildman–Crippen MR) is 60.4 cm³/mol. The number of aliphatic hydroxyl groups excluding tert-OH is 1. The van der Waals surface area contributed by atoms with E-state index in [1.54, 1.807) is 20.4 Å². The van der Waals surface area contributed by atoms with Gasteiger partial charge in [-0.05, 0) is 11.6 Å². The molecule has 0 aliphatic carbocycles. The Kier molecular flexibility index (Phi) is 5.77. The fourth-order valence-corrected chi connectivity index (χ4v) is 1.31. The SMILES string of the molecule is COCC(O)CNCc1ccnc(OC)c1. The van der Waals surface area contributed by atoms with E-state index in [4.69, 9.17) is 9.47 Å². The van der Waals surface area contributed by atoms with Crippen LogP contribution in [0, 0.1) is 0 Å². The Balaban J connectivity index is 2.31. The van der Waals surface area contributed by atoms with E-state index < -0.39 is 6.10 Å². The molecule has 16 heavy (non-hydrogen) atoms. The number of nitrogens with one attached hydrogen (secondary N) is 1. The van der Waals surface area contributed by atoms with Gasteiger partial charge in [0.1, 0.15) is 0 Å². The van der Waals surface area contributed by atoms with Crippen LogP contribution in [0.2, 0.25) is 0 Å². The van der Waals surface area contributed by atoms with Crippen LogP contribution in [0.25, 0.3) is 0 Å². The first kappa shape index (κ1) is 12.9. The minimum atomic E-state index is -0.478. The summed E-state index contributed by atoms with van der Waals surface area (Å²) in [5, 5.41) is 12.5. The van der Waals surface area contributed by atoms with Gasteiger partial charge in [-0.15, -0.1) is 0 Å².